The van der Waals surface area contributed by atoms with Gasteiger partial charge in [0.2, 0.25) is 5.91 Å². The molecule has 1 atom stereocenters. The van der Waals surface area contributed by atoms with Crippen molar-refractivity contribution in [1.29, 1.82) is 0 Å². The van der Waals surface area contributed by atoms with Gasteiger partial charge in [0.15, 0.2) is 0 Å². The molecule has 2 amide bonds. The van der Waals surface area contributed by atoms with Gasteiger partial charge in [-0.3, -0.25) is 9.59 Å². The Morgan fingerprint density at radius 2 is 1.83 bits per heavy atom. The third-order valence-electron chi connectivity index (χ3n) is 6.67. The van der Waals surface area contributed by atoms with Gasteiger partial charge in [0.25, 0.3) is 5.91 Å². The minimum atomic E-state index is -4.54. The van der Waals surface area contributed by atoms with E-state index in [0.717, 1.165) is 48.1 Å². The number of rotatable bonds is 5. The second kappa shape index (κ2) is 9.15. The summed E-state index contributed by atoms with van der Waals surface area (Å²) in [5.74, 6) is -0.730. The third kappa shape index (κ3) is 4.85. The predicted molar refractivity (Wildman–Crippen MR) is 128 cm³/mol. The fraction of sp³-hybridized carbons (Fsp3) is 0.333. The Hall–Kier alpha value is -3.13. The highest BCUT2D eigenvalue weighted by Gasteiger charge is 2.39. The van der Waals surface area contributed by atoms with Crippen LogP contribution in [0.15, 0.2) is 60.0 Å². The van der Waals surface area contributed by atoms with Crippen molar-refractivity contribution < 1.29 is 22.8 Å². The Bertz CT molecular complexity index is 1250. The van der Waals surface area contributed by atoms with Crippen molar-refractivity contribution in [3.63, 3.8) is 0 Å². The topological polar surface area (TPSA) is 40.6 Å². The number of hydrogen-bond donors (Lipinski definition) is 0. The number of thiophene rings is 1. The van der Waals surface area contributed by atoms with Gasteiger partial charge in [0.05, 0.1) is 11.6 Å². The van der Waals surface area contributed by atoms with Crippen LogP contribution in [0.25, 0.3) is 0 Å². The Morgan fingerprint density at radius 3 is 2.51 bits per heavy atom. The number of carbonyl (C=O) groups is 2. The minimum Gasteiger partial charge on any atom is -0.330 e. The molecule has 0 radical (unpaired) electrons. The van der Waals surface area contributed by atoms with E-state index in [1.54, 1.807) is 11.3 Å². The first kappa shape index (κ1) is 23.6. The molecule has 0 spiro atoms. The monoisotopic (exact) mass is 498 g/mol. The van der Waals surface area contributed by atoms with Crippen molar-refractivity contribution in [3.8, 4) is 0 Å². The lowest BCUT2D eigenvalue weighted by Crippen LogP contribution is -2.47. The first-order valence-corrected chi connectivity index (χ1v) is 12.5. The van der Waals surface area contributed by atoms with Crippen LogP contribution in [0.5, 0.6) is 0 Å². The summed E-state index contributed by atoms with van der Waals surface area (Å²) in [6.45, 7) is 2.39. The summed E-state index contributed by atoms with van der Waals surface area (Å²) in [7, 11) is 0. The molecule has 5 rings (SSSR count). The van der Waals surface area contributed by atoms with Gasteiger partial charge in [-0.05, 0) is 67.0 Å². The second-order valence-electron chi connectivity index (χ2n) is 9.19. The fourth-order valence-electron chi connectivity index (χ4n) is 4.68. The summed E-state index contributed by atoms with van der Waals surface area (Å²) in [6.07, 6.45) is -2.31. The summed E-state index contributed by atoms with van der Waals surface area (Å²) < 4.78 is 39.6. The molecule has 2 aliphatic rings. The number of nitrogens with zero attached hydrogens (tertiary/aromatic N) is 2. The zero-order chi connectivity index (χ0) is 24.7. The largest absolute Gasteiger partial charge is 0.416 e. The number of amides is 2. The highest BCUT2D eigenvalue weighted by Crippen LogP contribution is 2.38. The summed E-state index contributed by atoms with van der Waals surface area (Å²) in [4.78, 5) is 31.4. The van der Waals surface area contributed by atoms with Gasteiger partial charge in [0, 0.05) is 23.0 Å². The van der Waals surface area contributed by atoms with Crippen LogP contribution in [0.2, 0.25) is 0 Å². The quantitative estimate of drug-likeness (QED) is 0.443. The summed E-state index contributed by atoms with van der Waals surface area (Å²) >= 11 is 1.68. The van der Waals surface area contributed by atoms with E-state index in [1.165, 1.54) is 21.9 Å². The predicted octanol–water partition coefficient (Wildman–Crippen LogP) is 5.85. The maximum absolute atomic E-state index is 13.6. The first-order chi connectivity index (χ1) is 16.7. The molecule has 35 heavy (non-hydrogen) atoms. The van der Waals surface area contributed by atoms with Gasteiger partial charge in [-0.2, -0.15) is 13.2 Å². The van der Waals surface area contributed by atoms with E-state index in [9.17, 15) is 22.8 Å². The molecule has 1 aliphatic heterocycles. The molecule has 0 saturated heterocycles. The van der Waals surface area contributed by atoms with Gasteiger partial charge >= 0.3 is 6.18 Å². The zero-order valence-corrected chi connectivity index (χ0v) is 20.0. The van der Waals surface area contributed by atoms with E-state index in [-0.39, 0.29) is 30.1 Å². The van der Waals surface area contributed by atoms with Gasteiger partial charge in [-0.25, -0.2) is 0 Å². The Labute approximate surface area is 206 Å². The van der Waals surface area contributed by atoms with Crippen LogP contribution in [0, 0.1) is 6.92 Å². The van der Waals surface area contributed by atoms with Gasteiger partial charge in [-0.15, -0.1) is 11.3 Å². The fourth-order valence-corrected chi connectivity index (χ4v) is 5.58. The average Bonchev–Trinajstić information content (AvgIpc) is 3.57. The third-order valence-corrected chi connectivity index (χ3v) is 7.67. The molecule has 0 bridgehead atoms. The molecular formula is C27H25F3N2O2S. The summed E-state index contributed by atoms with van der Waals surface area (Å²) in [6, 6.07) is 14.2. The van der Waals surface area contributed by atoms with Crippen molar-refractivity contribution in [2.24, 2.45) is 0 Å². The summed E-state index contributed by atoms with van der Waals surface area (Å²) in [5, 5.41) is 2.04. The van der Waals surface area contributed by atoms with Crippen LogP contribution >= 0.6 is 11.3 Å². The van der Waals surface area contributed by atoms with Gasteiger partial charge in [-0.1, -0.05) is 35.9 Å². The molecule has 1 aromatic heterocycles. The van der Waals surface area contributed by atoms with E-state index in [2.05, 4.69) is 6.07 Å². The van der Waals surface area contributed by atoms with Crippen LogP contribution in [-0.4, -0.2) is 40.7 Å². The molecule has 2 aromatic carbocycles. The number of halogens is 3. The van der Waals surface area contributed by atoms with Crippen LogP contribution in [-0.2, 0) is 17.4 Å². The number of aryl methyl sites for hydroxylation is 1. The lowest BCUT2D eigenvalue weighted by molar-refractivity contribution is -0.137. The van der Waals surface area contributed by atoms with Crippen molar-refractivity contribution >= 4 is 23.2 Å². The van der Waals surface area contributed by atoms with Crippen LogP contribution in [0.3, 0.4) is 0 Å². The smallest absolute Gasteiger partial charge is 0.330 e. The standard InChI is InChI=1S/C27H25F3N2O2S/c1-17-5-7-18(8-6-17)25-22-12-14-35-23(22)11-13-31(25)24(33)16-32(21-9-10-21)26(34)19-3-2-4-20(15-19)27(28,29)30/h2-8,12,14-15,21,25H,9-11,13,16H2,1H3. The van der Waals surface area contributed by atoms with Gasteiger partial charge < -0.3 is 9.80 Å². The lowest BCUT2D eigenvalue weighted by atomic mass is 9.92. The van der Waals surface area contributed by atoms with Crippen molar-refractivity contribution in [3.05, 3.63) is 92.7 Å². The highest BCUT2D eigenvalue weighted by molar-refractivity contribution is 7.10. The number of hydrogen-bond acceptors (Lipinski definition) is 3. The molecule has 1 fully saturated rings. The SMILES string of the molecule is Cc1ccc(C2c3ccsc3CCN2C(=O)CN(C(=O)c2cccc(C(F)(F)F)c2)C2CC2)cc1. The maximum atomic E-state index is 13.6. The molecular weight excluding hydrogens is 473 g/mol. The number of alkyl halides is 3. The number of fused-ring (bicyclic) bond motifs is 1. The molecule has 4 nitrogen and oxygen atoms in total. The zero-order valence-electron chi connectivity index (χ0n) is 19.2. The van der Waals surface area contributed by atoms with Crippen LogP contribution in [0.4, 0.5) is 13.2 Å². The normalized spacial score (nSPS) is 17.7. The maximum Gasteiger partial charge on any atom is 0.416 e. The molecule has 8 heteroatoms. The van der Waals surface area contributed by atoms with E-state index in [1.807, 2.05) is 41.5 Å². The molecule has 3 aromatic rings. The molecule has 2 heterocycles. The number of benzene rings is 2. The Balaban J connectivity index is 1.42. The Kier molecular flexibility index (Phi) is 6.17. The number of carbonyl (C=O) groups excluding carboxylic acids is 2. The molecule has 1 aliphatic carbocycles. The molecule has 1 saturated carbocycles. The highest BCUT2D eigenvalue weighted by atomic mass is 32.1. The average molecular weight is 499 g/mol. The van der Waals surface area contributed by atoms with E-state index in [4.69, 9.17) is 0 Å². The second-order valence-corrected chi connectivity index (χ2v) is 10.2. The minimum absolute atomic E-state index is 0.0478. The van der Waals surface area contributed by atoms with Crippen molar-refractivity contribution in [2.45, 2.75) is 44.4 Å². The van der Waals surface area contributed by atoms with Crippen LogP contribution < -0.4 is 0 Å². The molecule has 0 N–H and O–H groups in total. The van der Waals surface area contributed by atoms with E-state index < -0.39 is 17.6 Å². The molecule has 182 valence electrons. The first-order valence-electron chi connectivity index (χ1n) is 11.6. The van der Waals surface area contributed by atoms with Gasteiger partial charge in [0.1, 0.15) is 6.54 Å². The van der Waals surface area contributed by atoms with Crippen LogP contribution in [0.1, 0.15) is 56.4 Å². The van der Waals surface area contributed by atoms with E-state index in [0.29, 0.717) is 6.54 Å². The Morgan fingerprint density at radius 1 is 1.09 bits per heavy atom. The van der Waals surface area contributed by atoms with E-state index >= 15 is 0 Å². The molecule has 1 unspecified atom stereocenters. The van der Waals surface area contributed by atoms with Crippen molar-refractivity contribution in [2.75, 3.05) is 13.1 Å². The summed E-state index contributed by atoms with van der Waals surface area (Å²) in [5.41, 5.74) is 2.31. The lowest BCUT2D eigenvalue weighted by Gasteiger charge is -2.37. The van der Waals surface area contributed by atoms with Crippen molar-refractivity contribution in [1.82, 2.24) is 9.80 Å².